The van der Waals surface area contributed by atoms with E-state index in [1.807, 2.05) is 0 Å². The Hall–Kier alpha value is -2.07. The summed E-state index contributed by atoms with van der Waals surface area (Å²) in [5.74, 6) is 0.348. The number of benzene rings is 1. The molecule has 3 N–H and O–H groups in total. The van der Waals surface area contributed by atoms with Crippen LogP contribution in [0.2, 0.25) is 0 Å². The van der Waals surface area contributed by atoms with Crippen molar-refractivity contribution < 1.29 is 31.4 Å². The summed E-state index contributed by atoms with van der Waals surface area (Å²) in [6.07, 6.45) is 4.07. The van der Waals surface area contributed by atoms with Crippen LogP contribution in [0.4, 0.5) is 0 Å². The summed E-state index contributed by atoms with van der Waals surface area (Å²) in [7, 11) is -4.13. The molecule has 1 aromatic carbocycles. The highest BCUT2D eigenvalue weighted by Gasteiger charge is 2.45. The van der Waals surface area contributed by atoms with Crippen LogP contribution in [0.3, 0.4) is 0 Å². The van der Waals surface area contributed by atoms with Gasteiger partial charge in [-0.05, 0) is 38.4 Å². The fourth-order valence-electron chi connectivity index (χ4n) is 4.52. The summed E-state index contributed by atoms with van der Waals surface area (Å²) >= 11 is 0. The van der Waals surface area contributed by atoms with Gasteiger partial charge in [0.15, 0.2) is 5.03 Å². The van der Waals surface area contributed by atoms with Crippen molar-refractivity contribution in [3.8, 4) is 5.75 Å². The maximum atomic E-state index is 12.8. The molecule has 3 heterocycles. The van der Waals surface area contributed by atoms with Crippen molar-refractivity contribution in [1.82, 2.24) is 23.9 Å². The monoisotopic (exact) mass is 543 g/mol. The standard InChI is InChI=1S/C22H33N5O7S2/c1-23-35(29,30)20-5-3-4-19(10-20)33-15-18(28)12-24-17-11-22(34-14-17)6-8-27(9-7-22)36(31,32)21-13-26(2)16-25-21/h3-5,10,13,16-18,23-24,28H,6-9,11-12,14-15H2,1-2H3. The van der Waals surface area contributed by atoms with Crippen LogP contribution in [0.5, 0.6) is 5.75 Å². The molecule has 2 aliphatic heterocycles. The molecule has 0 aliphatic carbocycles. The molecule has 2 aromatic rings. The van der Waals surface area contributed by atoms with Gasteiger partial charge in [-0.2, -0.15) is 4.31 Å². The van der Waals surface area contributed by atoms with Gasteiger partial charge in [0.25, 0.3) is 10.0 Å². The lowest BCUT2D eigenvalue weighted by Gasteiger charge is -2.37. The lowest BCUT2D eigenvalue weighted by molar-refractivity contribution is -0.0312. The predicted octanol–water partition coefficient (Wildman–Crippen LogP) is -0.330. The van der Waals surface area contributed by atoms with Crippen LogP contribution in [0, 0.1) is 0 Å². The number of aliphatic hydroxyl groups is 1. The number of aromatic nitrogens is 2. The van der Waals surface area contributed by atoms with Crippen molar-refractivity contribution in [2.75, 3.05) is 39.9 Å². The molecule has 0 amide bonds. The van der Waals surface area contributed by atoms with E-state index < -0.39 is 26.2 Å². The van der Waals surface area contributed by atoms with E-state index >= 15 is 0 Å². The van der Waals surface area contributed by atoms with E-state index in [0.717, 1.165) is 6.42 Å². The largest absolute Gasteiger partial charge is 0.491 e. The van der Waals surface area contributed by atoms with Crippen LogP contribution in [-0.2, 0) is 31.8 Å². The lowest BCUT2D eigenvalue weighted by atomic mass is 9.88. The molecule has 12 nitrogen and oxygen atoms in total. The summed E-state index contributed by atoms with van der Waals surface area (Å²) in [4.78, 5) is 4.07. The molecule has 14 heteroatoms. The second-order valence-corrected chi connectivity index (χ2v) is 13.0. The first-order valence-electron chi connectivity index (χ1n) is 11.7. The molecule has 200 valence electrons. The first-order chi connectivity index (χ1) is 17.0. The number of rotatable bonds is 10. The predicted molar refractivity (Wildman–Crippen MR) is 130 cm³/mol. The molecule has 0 saturated carbocycles. The van der Waals surface area contributed by atoms with Crippen LogP contribution in [0.15, 0.2) is 46.7 Å². The van der Waals surface area contributed by atoms with Crippen molar-refractivity contribution in [3.05, 3.63) is 36.8 Å². The lowest BCUT2D eigenvalue weighted by Crippen LogP contribution is -2.47. The number of hydrogen-bond donors (Lipinski definition) is 3. The summed E-state index contributed by atoms with van der Waals surface area (Å²) in [6, 6.07) is 6.10. The Morgan fingerprint density at radius 1 is 1.28 bits per heavy atom. The van der Waals surface area contributed by atoms with Crippen LogP contribution >= 0.6 is 0 Å². The van der Waals surface area contributed by atoms with Gasteiger partial charge in [-0.15, -0.1) is 0 Å². The molecule has 36 heavy (non-hydrogen) atoms. The second kappa shape index (κ2) is 10.7. The Morgan fingerprint density at radius 3 is 2.69 bits per heavy atom. The number of nitrogens with one attached hydrogen (secondary N) is 2. The van der Waals surface area contributed by atoms with E-state index in [4.69, 9.17) is 9.47 Å². The van der Waals surface area contributed by atoms with Gasteiger partial charge in [0, 0.05) is 45.0 Å². The SMILES string of the molecule is CNS(=O)(=O)c1cccc(OCC(O)CNC2COC3(CCN(S(=O)(=O)c4cn(C)cn4)CC3)C2)c1. The molecule has 1 aromatic heterocycles. The van der Waals surface area contributed by atoms with Gasteiger partial charge in [0.2, 0.25) is 10.0 Å². The Morgan fingerprint density at radius 2 is 2.03 bits per heavy atom. The zero-order valence-corrected chi connectivity index (χ0v) is 22.0. The number of hydrogen-bond acceptors (Lipinski definition) is 9. The smallest absolute Gasteiger partial charge is 0.262 e. The molecular formula is C22H33N5O7S2. The van der Waals surface area contributed by atoms with Gasteiger partial charge >= 0.3 is 0 Å². The van der Waals surface area contributed by atoms with E-state index in [0.29, 0.717) is 38.3 Å². The first kappa shape index (κ1) is 27.0. The van der Waals surface area contributed by atoms with Crippen molar-refractivity contribution in [3.63, 3.8) is 0 Å². The third-order valence-electron chi connectivity index (χ3n) is 6.60. The van der Waals surface area contributed by atoms with Gasteiger partial charge in [-0.1, -0.05) is 6.07 Å². The number of piperidine rings is 1. The Bertz CT molecular complexity index is 1260. The van der Waals surface area contributed by atoms with Crippen LogP contribution in [0.25, 0.3) is 0 Å². The first-order valence-corrected chi connectivity index (χ1v) is 14.7. The molecule has 0 bridgehead atoms. The van der Waals surface area contributed by atoms with Crippen molar-refractivity contribution in [1.29, 1.82) is 0 Å². The number of sulfonamides is 2. The van der Waals surface area contributed by atoms with E-state index in [1.54, 1.807) is 23.7 Å². The minimum atomic E-state index is -3.62. The van der Waals surface area contributed by atoms with E-state index in [-0.39, 0.29) is 34.7 Å². The average molecular weight is 544 g/mol. The summed E-state index contributed by atoms with van der Waals surface area (Å²) in [5, 5.41) is 13.7. The number of ether oxygens (including phenoxy) is 2. The molecule has 2 aliphatic rings. The summed E-state index contributed by atoms with van der Waals surface area (Å²) in [6.45, 7) is 1.48. The van der Waals surface area contributed by atoms with Gasteiger partial charge in [0.1, 0.15) is 18.5 Å². The molecule has 0 radical (unpaired) electrons. The quantitative estimate of drug-likeness (QED) is 0.366. The summed E-state index contributed by atoms with van der Waals surface area (Å²) in [5.41, 5.74) is -0.380. The third kappa shape index (κ3) is 6.07. The van der Waals surface area contributed by atoms with Crippen LogP contribution in [0.1, 0.15) is 19.3 Å². The second-order valence-electron chi connectivity index (χ2n) is 9.23. The highest BCUT2D eigenvalue weighted by atomic mass is 32.2. The Kier molecular flexibility index (Phi) is 8.04. The summed E-state index contributed by atoms with van der Waals surface area (Å²) < 4.78 is 66.5. The maximum Gasteiger partial charge on any atom is 0.262 e. The average Bonchev–Trinajstić information content (AvgIpc) is 3.48. The fourth-order valence-corrected chi connectivity index (χ4v) is 6.69. The minimum absolute atomic E-state index is 0.00485. The fraction of sp³-hybridized carbons (Fsp3) is 0.591. The van der Waals surface area contributed by atoms with Gasteiger partial charge in [0.05, 0.1) is 23.4 Å². The van der Waals surface area contributed by atoms with Gasteiger partial charge in [-0.25, -0.2) is 26.5 Å². The molecule has 2 fully saturated rings. The molecule has 4 rings (SSSR count). The maximum absolute atomic E-state index is 12.8. The zero-order valence-electron chi connectivity index (χ0n) is 20.3. The molecule has 2 saturated heterocycles. The van der Waals surface area contributed by atoms with Gasteiger partial charge < -0.3 is 24.5 Å². The highest BCUT2D eigenvalue weighted by Crippen LogP contribution is 2.37. The van der Waals surface area contributed by atoms with Crippen LogP contribution in [-0.4, -0.2) is 93.4 Å². The Labute approximate surface area is 211 Å². The molecular weight excluding hydrogens is 510 g/mol. The van der Waals surface area contributed by atoms with E-state index in [1.165, 1.54) is 36.0 Å². The molecule has 2 atom stereocenters. The van der Waals surface area contributed by atoms with Crippen molar-refractivity contribution >= 4 is 20.0 Å². The van der Waals surface area contributed by atoms with Crippen LogP contribution < -0.4 is 14.8 Å². The number of aryl methyl sites for hydroxylation is 1. The van der Waals surface area contributed by atoms with E-state index in [2.05, 4.69) is 15.0 Å². The van der Waals surface area contributed by atoms with Gasteiger partial charge in [-0.3, -0.25) is 0 Å². The minimum Gasteiger partial charge on any atom is -0.491 e. The number of nitrogens with zero attached hydrogens (tertiary/aromatic N) is 3. The van der Waals surface area contributed by atoms with Crippen molar-refractivity contribution in [2.45, 2.75) is 46.9 Å². The van der Waals surface area contributed by atoms with Crippen molar-refractivity contribution in [2.24, 2.45) is 7.05 Å². The molecule has 1 spiro atoms. The zero-order chi connectivity index (χ0) is 26.0. The Balaban J connectivity index is 1.22. The third-order valence-corrected chi connectivity index (χ3v) is 9.79. The topological polar surface area (TPSA) is 152 Å². The molecule has 2 unspecified atom stereocenters. The number of imidazole rings is 1. The number of aliphatic hydroxyl groups excluding tert-OH is 1. The highest BCUT2D eigenvalue weighted by molar-refractivity contribution is 7.89. The normalized spacial score (nSPS) is 21.6. The van der Waals surface area contributed by atoms with E-state index in [9.17, 15) is 21.9 Å².